The smallest absolute Gasteiger partial charge is 0.194 e. The lowest BCUT2D eigenvalue weighted by Crippen LogP contribution is -2.23. The molecule has 2 saturated carbocycles. The molecule has 2 aromatic carbocycles. The third-order valence-corrected chi connectivity index (χ3v) is 9.24. The number of benzene rings is 2. The standard InChI is InChI=1S/C31H35F5/c1-18-2-4-21(5-3-18)24-14-26(32)30(27(33)15-24)23-12-10-20(11-13-23)19-6-8-22(9-7-19)25-16-28(34)31(36)29(35)17-25/h12,14-22H,2-11,13H2,1H3. The molecule has 0 aliphatic heterocycles. The summed E-state index contributed by atoms with van der Waals surface area (Å²) in [5.41, 5.74) is 2.25. The summed E-state index contributed by atoms with van der Waals surface area (Å²) in [6.07, 6.45) is 12.1. The minimum Gasteiger partial charge on any atom is -0.206 e. The molecular formula is C31H35F5. The van der Waals surface area contributed by atoms with Gasteiger partial charge in [0.1, 0.15) is 11.6 Å². The molecule has 3 aliphatic carbocycles. The topological polar surface area (TPSA) is 0 Å². The van der Waals surface area contributed by atoms with Crippen LogP contribution in [0.25, 0.3) is 5.57 Å². The van der Waals surface area contributed by atoms with Gasteiger partial charge in [0.25, 0.3) is 0 Å². The van der Waals surface area contributed by atoms with Gasteiger partial charge >= 0.3 is 0 Å². The third kappa shape index (κ3) is 5.26. The maximum Gasteiger partial charge on any atom is 0.194 e. The van der Waals surface area contributed by atoms with Gasteiger partial charge in [-0.2, -0.15) is 0 Å². The normalized spacial score (nSPS) is 29.2. The van der Waals surface area contributed by atoms with Crippen LogP contribution in [0.4, 0.5) is 22.0 Å². The van der Waals surface area contributed by atoms with Gasteiger partial charge in [-0.1, -0.05) is 25.8 Å². The van der Waals surface area contributed by atoms with E-state index in [0.29, 0.717) is 29.7 Å². The van der Waals surface area contributed by atoms with Gasteiger partial charge in [-0.25, -0.2) is 22.0 Å². The van der Waals surface area contributed by atoms with E-state index in [0.717, 1.165) is 87.5 Å². The number of halogens is 5. The van der Waals surface area contributed by atoms with Crippen LogP contribution in [0, 0.1) is 46.8 Å². The molecule has 0 aromatic heterocycles. The first-order valence-electron chi connectivity index (χ1n) is 13.6. The fraction of sp³-hybridized carbons (Fsp3) is 0.548. The van der Waals surface area contributed by atoms with E-state index in [9.17, 15) is 13.2 Å². The van der Waals surface area contributed by atoms with E-state index in [4.69, 9.17) is 0 Å². The maximum absolute atomic E-state index is 15.1. The van der Waals surface area contributed by atoms with Crippen molar-refractivity contribution >= 4 is 5.57 Å². The van der Waals surface area contributed by atoms with E-state index in [1.165, 1.54) is 0 Å². The van der Waals surface area contributed by atoms with Crippen molar-refractivity contribution in [1.82, 2.24) is 0 Å². The molecule has 2 aromatic rings. The highest BCUT2D eigenvalue weighted by molar-refractivity contribution is 5.67. The van der Waals surface area contributed by atoms with Crippen molar-refractivity contribution in [1.29, 1.82) is 0 Å². The molecule has 5 heteroatoms. The number of rotatable bonds is 4. The second-order valence-corrected chi connectivity index (χ2v) is 11.5. The number of hydrogen-bond acceptors (Lipinski definition) is 0. The van der Waals surface area contributed by atoms with Gasteiger partial charge in [-0.05, 0) is 128 Å². The van der Waals surface area contributed by atoms with Crippen LogP contribution in [-0.4, -0.2) is 0 Å². The Morgan fingerprint density at radius 1 is 0.583 bits per heavy atom. The lowest BCUT2D eigenvalue weighted by molar-refractivity contribution is 0.220. The Morgan fingerprint density at radius 2 is 1.08 bits per heavy atom. The molecule has 0 amide bonds. The highest BCUT2D eigenvalue weighted by atomic mass is 19.2. The SMILES string of the molecule is CC1CCC(c2cc(F)c(C3=CCC(C4CCC(c5cc(F)c(F)c(F)c5)CC4)CC3)c(F)c2)CC1. The van der Waals surface area contributed by atoms with Crippen molar-refractivity contribution in [3.8, 4) is 0 Å². The summed E-state index contributed by atoms with van der Waals surface area (Å²) in [5, 5.41) is 0. The predicted molar refractivity (Wildman–Crippen MR) is 133 cm³/mol. The zero-order chi connectivity index (χ0) is 25.4. The monoisotopic (exact) mass is 502 g/mol. The Hall–Kier alpha value is -2.17. The molecule has 0 heterocycles. The molecule has 0 saturated heterocycles. The first kappa shape index (κ1) is 25.5. The summed E-state index contributed by atoms with van der Waals surface area (Å²) in [5.74, 6) is -2.62. The van der Waals surface area contributed by atoms with Crippen LogP contribution in [0.15, 0.2) is 30.3 Å². The predicted octanol–water partition coefficient (Wildman–Crippen LogP) is 9.83. The van der Waals surface area contributed by atoms with Crippen LogP contribution in [0.2, 0.25) is 0 Å². The molecule has 0 N–H and O–H groups in total. The van der Waals surface area contributed by atoms with Crippen LogP contribution in [0.3, 0.4) is 0 Å². The number of allylic oxidation sites excluding steroid dienone is 2. The largest absolute Gasteiger partial charge is 0.206 e. The van der Waals surface area contributed by atoms with Gasteiger partial charge in [0, 0.05) is 5.56 Å². The second kappa shape index (κ2) is 10.7. The van der Waals surface area contributed by atoms with Crippen LogP contribution in [0.5, 0.6) is 0 Å². The third-order valence-electron chi connectivity index (χ3n) is 9.24. The fourth-order valence-electron chi connectivity index (χ4n) is 6.97. The molecule has 5 rings (SSSR count). The van der Waals surface area contributed by atoms with Crippen molar-refractivity contribution in [3.05, 3.63) is 76.1 Å². The summed E-state index contributed by atoms with van der Waals surface area (Å²) in [6, 6.07) is 5.38. The Bertz CT molecular complexity index is 1070. The average Bonchev–Trinajstić information content (AvgIpc) is 2.87. The van der Waals surface area contributed by atoms with Crippen LogP contribution in [0.1, 0.15) is 106 Å². The van der Waals surface area contributed by atoms with Crippen molar-refractivity contribution < 1.29 is 22.0 Å². The van der Waals surface area contributed by atoms with E-state index in [1.807, 2.05) is 6.08 Å². The maximum atomic E-state index is 15.1. The van der Waals surface area contributed by atoms with Crippen molar-refractivity contribution in [2.24, 2.45) is 17.8 Å². The van der Waals surface area contributed by atoms with Crippen molar-refractivity contribution in [3.63, 3.8) is 0 Å². The van der Waals surface area contributed by atoms with E-state index >= 15 is 8.78 Å². The Labute approximate surface area is 211 Å². The molecule has 2 fully saturated rings. The van der Waals surface area contributed by atoms with Crippen LogP contribution < -0.4 is 0 Å². The molecule has 1 atom stereocenters. The van der Waals surface area contributed by atoms with Gasteiger partial charge < -0.3 is 0 Å². The zero-order valence-corrected chi connectivity index (χ0v) is 20.9. The number of hydrogen-bond donors (Lipinski definition) is 0. The highest BCUT2D eigenvalue weighted by Crippen LogP contribution is 2.45. The molecule has 0 radical (unpaired) electrons. The minimum atomic E-state index is -1.41. The van der Waals surface area contributed by atoms with Gasteiger partial charge in [0.2, 0.25) is 0 Å². The summed E-state index contributed by atoms with van der Waals surface area (Å²) < 4.78 is 70.8. The molecule has 0 bridgehead atoms. The average molecular weight is 503 g/mol. The molecule has 3 aliphatic rings. The fourth-order valence-corrected chi connectivity index (χ4v) is 6.97. The van der Waals surface area contributed by atoms with E-state index < -0.39 is 29.1 Å². The lowest BCUT2D eigenvalue weighted by atomic mass is 9.70. The van der Waals surface area contributed by atoms with E-state index in [-0.39, 0.29) is 17.4 Å². The Morgan fingerprint density at radius 3 is 1.58 bits per heavy atom. The molecule has 36 heavy (non-hydrogen) atoms. The Kier molecular flexibility index (Phi) is 7.55. The first-order chi connectivity index (χ1) is 17.3. The summed E-state index contributed by atoms with van der Waals surface area (Å²) in [7, 11) is 0. The van der Waals surface area contributed by atoms with Crippen LogP contribution in [-0.2, 0) is 0 Å². The quantitative estimate of drug-likeness (QED) is 0.288. The lowest BCUT2D eigenvalue weighted by Gasteiger charge is -2.36. The van der Waals surface area contributed by atoms with Gasteiger partial charge in [-0.15, -0.1) is 0 Å². The zero-order valence-electron chi connectivity index (χ0n) is 20.9. The summed E-state index contributed by atoms with van der Waals surface area (Å²) >= 11 is 0. The minimum absolute atomic E-state index is 0.0367. The Balaban J connectivity index is 1.21. The van der Waals surface area contributed by atoms with Crippen molar-refractivity contribution in [2.75, 3.05) is 0 Å². The summed E-state index contributed by atoms with van der Waals surface area (Å²) in [6.45, 7) is 2.24. The van der Waals surface area contributed by atoms with Crippen LogP contribution >= 0.6 is 0 Å². The second-order valence-electron chi connectivity index (χ2n) is 11.5. The highest BCUT2D eigenvalue weighted by Gasteiger charge is 2.31. The molecule has 1 unspecified atom stereocenters. The molecule has 0 spiro atoms. The van der Waals surface area contributed by atoms with Gasteiger partial charge in [0.05, 0.1) is 0 Å². The van der Waals surface area contributed by atoms with Crippen molar-refractivity contribution in [2.45, 2.75) is 89.4 Å². The molecular weight excluding hydrogens is 467 g/mol. The van der Waals surface area contributed by atoms with Gasteiger partial charge in [-0.3, -0.25) is 0 Å². The van der Waals surface area contributed by atoms with E-state index in [2.05, 4.69) is 6.92 Å². The first-order valence-corrected chi connectivity index (χ1v) is 13.6. The summed E-state index contributed by atoms with van der Waals surface area (Å²) in [4.78, 5) is 0. The molecule has 0 nitrogen and oxygen atoms in total. The van der Waals surface area contributed by atoms with Gasteiger partial charge in [0.15, 0.2) is 17.5 Å². The van der Waals surface area contributed by atoms with E-state index in [1.54, 1.807) is 12.1 Å². The molecule has 194 valence electrons.